The van der Waals surface area contributed by atoms with Gasteiger partial charge < -0.3 is 19.1 Å². The van der Waals surface area contributed by atoms with Crippen LogP contribution >= 0.6 is 0 Å². The highest BCUT2D eigenvalue weighted by atomic mass is 16.5. The average Bonchev–Trinajstić information content (AvgIpc) is 2.66. The van der Waals surface area contributed by atoms with E-state index < -0.39 is 0 Å². The Balaban J connectivity index is 1.77. The number of ether oxygens (including phenoxy) is 3. The van der Waals surface area contributed by atoms with Gasteiger partial charge in [-0.15, -0.1) is 0 Å². The summed E-state index contributed by atoms with van der Waals surface area (Å²) in [5.74, 6) is 2.27. The molecule has 0 spiro atoms. The molecule has 2 aromatic carbocycles. The van der Waals surface area contributed by atoms with Crippen molar-refractivity contribution in [2.75, 3.05) is 27.9 Å². The molecule has 0 unspecified atom stereocenters. The molecule has 2 rings (SSSR count). The Morgan fingerprint density at radius 2 is 1.69 bits per heavy atom. The zero-order chi connectivity index (χ0) is 18.9. The molecule has 5 heteroatoms. The van der Waals surface area contributed by atoms with Crippen LogP contribution in [0.25, 0.3) is 0 Å². The van der Waals surface area contributed by atoms with E-state index in [1.165, 1.54) is 5.56 Å². The van der Waals surface area contributed by atoms with Crippen molar-refractivity contribution in [1.29, 1.82) is 0 Å². The van der Waals surface area contributed by atoms with E-state index in [1.54, 1.807) is 26.2 Å². The van der Waals surface area contributed by atoms with Crippen LogP contribution in [0.1, 0.15) is 24.0 Å². The Morgan fingerprint density at radius 1 is 1.00 bits per heavy atom. The van der Waals surface area contributed by atoms with E-state index >= 15 is 0 Å². The Morgan fingerprint density at radius 3 is 2.35 bits per heavy atom. The minimum absolute atomic E-state index is 0.0901. The van der Waals surface area contributed by atoms with E-state index in [2.05, 4.69) is 0 Å². The van der Waals surface area contributed by atoms with Crippen LogP contribution in [-0.4, -0.2) is 38.7 Å². The number of hydrogen-bond donors (Lipinski definition) is 0. The number of nitrogens with zero attached hydrogens (tertiary/aromatic N) is 1. The highest BCUT2D eigenvalue weighted by Crippen LogP contribution is 2.28. The molecule has 26 heavy (non-hydrogen) atoms. The molecule has 0 heterocycles. The van der Waals surface area contributed by atoms with Gasteiger partial charge in [0.1, 0.15) is 5.75 Å². The second-order valence-corrected chi connectivity index (χ2v) is 6.20. The molecule has 140 valence electrons. The standard InChI is InChI=1S/C21H27NO4/c1-16-7-10-18(11-8-16)26-13-5-6-21(23)22(2)15-17-9-12-19(24-3)20(14-17)25-4/h7-12,14H,5-6,13,15H2,1-4H3. The Bertz CT molecular complexity index is 712. The van der Waals surface area contributed by atoms with Gasteiger partial charge in [-0.1, -0.05) is 23.8 Å². The summed E-state index contributed by atoms with van der Waals surface area (Å²) in [6.07, 6.45) is 1.14. The van der Waals surface area contributed by atoms with Gasteiger partial charge in [-0.25, -0.2) is 0 Å². The highest BCUT2D eigenvalue weighted by molar-refractivity contribution is 5.75. The maximum absolute atomic E-state index is 12.3. The summed E-state index contributed by atoms with van der Waals surface area (Å²) in [5.41, 5.74) is 2.19. The summed E-state index contributed by atoms with van der Waals surface area (Å²) >= 11 is 0. The van der Waals surface area contributed by atoms with E-state index in [1.807, 2.05) is 49.4 Å². The number of carbonyl (C=O) groups is 1. The lowest BCUT2D eigenvalue weighted by molar-refractivity contribution is -0.130. The lowest BCUT2D eigenvalue weighted by Gasteiger charge is -2.18. The summed E-state index contributed by atoms with van der Waals surface area (Å²) in [6.45, 7) is 3.09. The molecule has 0 bridgehead atoms. The van der Waals surface area contributed by atoms with Crippen LogP contribution in [0.4, 0.5) is 0 Å². The van der Waals surface area contributed by atoms with Crippen molar-refractivity contribution in [2.45, 2.75) is 26.3 Å². The second kappa shape index (κ2) is 9.70. The number of aryl methyl sites for hydroxylation is 1. The lowest BCUT2D eigenvalue weighted by atomic mass is 10.2. The normalized spacial score (nSPS) is 10.3. The maximum Gasteiger partial charge on any atom is 0.222 e. The summed E-state index contributed by atoms with van der Waals surface area (Å²) in [5, 5.41) is 0. The minimum atomic E-state index is 0.0901. The number of hydrogen-bond acceptors (Lipinski definition) is 4. The number of benzene rings is 2. The third-order valence-electron chi connectivity index (χ3n) is 4.12. The first-order valence-corrected chi connectivity index (χ1v) is 8.68. The minimum Gasteiger partial charge on any atom is -0.494 e. The van der Waals surface area contributed by atoms with Gasteiger partial charge in [-0.05, 0) is 43.2 Å². The van der Waals surface area contributed by atoms with Gasteiger partial charge in [0.05, 0.1) is 20.8 Å². The smallest absolute Gasteiger partial charge is 0.222 e. The van der Waals surface area contributed by atoms with Crippen LogP contribution in [0.3, 0.4) is 0 Å². The number of carbonyl (C=O) groups excluding carboxylic acids is 1. The second-order valence-electron chi connectivity index (χ2n) is 6.20. The average molecular weight is 357 g/mol. The summed E-state index contributed by atoms with van der Waals surface area (Å²) in [6, 6.07) is 13.6. The van der Waals surface area contributed by atoms with Crippen molar-refractivity contribution in [1.82, 2.24) is 4.90 Å². The van der Waals surface area contributed by atoms with E-state index in [4.69, 9.17) is 14.2 Å². The van der Waals surface area contributed by atoms with Gasteiger partial charge in [0.2, 0.25) is 5.91 Å². The Labute approximate surface area is 155 Å². The van der Waals surface area contributed by atoms with Crippen LogP contribution in [0.2, 0.25) is 0 Å². The topological polar surface area (TPSA) is 48.0 Å². The molecule has 0 fully saturated rings. The molecule has 2 aromatic rings. The third-order valence-corrected chi connectivity index (χ3v) is 4.12. The Kier molecular flexibility index (Phi) is 7.33. The molecular weight excluding hydrogens is 330 g/mol. The third kappa shape index (κ3) is 5.69. The monoisotopic (exact) mass is 357 g/mol. The largest absolute Gasteiger partial charge is 0.494 e. The van der Waals surface area contributed by atoms with Gasteiger partial charge >= 0.3 is 0 Å². The van der Waals surface area contributed by atoms with Gasteiger partial charge in [-0.3, -0.25) is 4.79 Å². The zero-order valence-corrected chi connectivity index (χ0v) is 16.0. The van der Waals surface area contributed by atoms with E-state index in [-0.39, 0.29) is 5.91 Å². The molecule has 0 saturated carbocycles. The zero-order valence-electron chi connectivity index (χ0n) is 16.0. The molecule has 0 radical (unpaired) electrons. The van der Waals surface area contributed by atoms with E-state index in [0.29, 0.717) is 37.5 Å². The van der Waals surface area contributed by atoms with Crippen molar-refractivity contribution in [3.63, 3.8) is 0 Å². The Hall–Kier alpha value is -2.69. The van der Waals surface area contributed by atoms with Crippen LogP contribution in [0.15, 0.2) is 42.5 Å². The van der Waals surface area contributed by atoms with Crippen LogP contribution < -0.4 is 14.2 Å². The fourth-order valence-corrected chi connectivity index (χ4v) is 2.58. The molecule has 1 amide bonds. The highest BCUT2D eigenvalue weighted by Gasteiger charge is 2.11. The first-order chi connectivity index (χ1) is 12.5. The number of rotatable bonds is 9. The first-order valence-electron chi connectivity index (χ1n) is 8.68. The molecule has 0 atom stereocenters. The predicted octanol–water partition coefficient (Wildman–Crippen LogP) is 3.83. The van der Waals surface area contributed by atoms with Crippen LogP contribution in [0.5, 0.6) is 17.2 Å². The molecular formula is C21H27NO4. The fourth-order valence-electron chi connectivity index (χ4n) is 2.58. The molecule has 0 N–H and O–H groups in total. The lowest BCUT2D eigenvalue weighted by Crippen LogP contribution is -2.26. The van der Waals surface area contributed by atoms with E-state index in [9.17, 15) is 4.79 Å². The molecule has 0 aliphatic heterocycles. The summed E-state index contributed by atoms with van der Waals surface area (Å²) in [4.78, 5) is 14.0. The first kappa shape index (κ1) is 19.6. The van der Waals surface area contributed by atoms with Crippen molar-refractivity contribution in [3.8, 4) is 17.2 Å². The number of amides is 1. The van der Waals surface area contributed by atoms with Gasteiger partial charge in [0, 0.05) is 20.0 Å². The molecule has 0 aromatic heterocycles. The van der Waals surface area contributed by atoms with Crippen LogP contribution in [-0.2, 0) is 11.3 Å². The van der Waals surface area contributed by atoms with Gasteiger partial charge in [-0.2, -0.15) is 0 Å². The van der Waals surface area contributed by atoms with E-state index in [0.717, 1.165) is 11.3 Å². The molecule has 5 nitrogen and oxygen atoms in total. The van der Waals surface area contributed by atoms with Crippen molar-refractivity contribution >= 4 is 5.91 Å². The number of methoxy groups -OCH3 is 2. The molecule has 0 aliphatic carbocycles. The molecule has 0 aliphatic rings. The SMILES string of the molecule is COc1ccc(CN(C)C(=O)CCCOc2ccc(C)cc2)cc1OC. The summed E-state index contributed by atoms with van der Waals surface area (Å²) < 4.78 is 16.2. The van der Waals surface area contributed by atoms with Gasteiger partial charge in [0.15, 0.2) is 11.5 Å². The molecule has 0 saturated heterocycles. The van der Waals surface area contributed by atoms with Crippen LogP contribution in [0, 0.1) is 6.92 Å². The predicted molar refractivity (Wildman–Crippen MR) is 102 cm³/mol. The maximum atomic E-state index is 12.3. The quantitative estimate of drug-likeness (QED) is 0.640. The summed E-state index contributed by atoms with van der Waals surface area (Å²) in [7, 11) is 5.01. The fraction of sp³-hybridized carbons (Fsp3) is 0.381. The van der Waals surface area contributed by atoms with Crippen molar-refractivity contribution in [2.24, 2.45) is 0 Å². The van der Waals surface area contributed by atoms with Gasteiger partial charge in [0.25, 0.3) is 0 Å². The van der Waals surface area contributed by atoms with Crippen molar-refractivity contribution < 1.29 is 19.0 Å². The van der Waals surface area contributed by atoms with Crippen molar-refractivity contribution in [3.05, 3.63) is 53.6 Å².